The van der Waals surface area contributed by atoms with Crippen molar-refractivity contribution in [3.63, 3.8) is 0 Å². The number of esters is 2. The molecular weight excluding hydrogens is 787 g/mol. The molecule has 0 saturated carbocycles. The first kappa shape index (κ1) is 49.4. The van der Waals surface area contributed by atoms with Gasteiger partial charge in [0.1, 0.15) is 24.2 Å². The monoisotopic (exact) mass is 842 g/mol. The summed E-state index contributed by atoms with van der Waals surface area (Å²) in [5.74, 6) is -1.37. The Morgan fingerprint density at radius 3 is 1.64 bits per heavy atom. The molecule has 0 spiro atoms. The van der Waals surface area contributed by atoms with Gasteiger partial charge in [-0.2, -0.15) is 4.40 Å². The van der Waals surface area contributed by atoms with Gasteiger partial charge in [-0.3, -0.25) is 9.59 Å². The van der Waals surface area contributed by atoms with Crippen molar-refractivity contribution in [2.75, 3.05) is 13.2 Å². The minimum Gasteiger partial charge on any atom is -0.486 e. The summed E-state index contributed by atoms with van der Waals surface area (Å²) >= 11 is 0. The Balaban J connectivity index is 0.000000357. The number of nitrogens with one attached hydrogen (secondary N) is 1. The van der Waals surface area contributed by atoms with E-state index in [0.717, 1.165) is 11.1 Å². The van der Waals surface area contributed by atoms with Gasteiger partial charge in [-0.05, 0) is 108 Å². The van der Waals surface area contributed by atoms with Crippen LogP contribution in [0.4, 0.5) is 8.78 Å². The molecule has 0 aliphatic carbocycles. The fraction of sp³-hybridized carbons (Fsp3) is 0.386. The summed E-state index contributed by atoms with van der Waals surface area (Å²) in [7, 11) is -2.80. The molecule has 0 fully saturated rings. The number of ether oxygens (including phenoxy) is 4. The van der Waals surface area contributed by atoms with E-state index in [0.29, 0.717) is 24.3 Å². The largest absolute Gasteiger partial charge is 0.486 e. The molecule has 0 radical (unpaired) electrons. The first-order valence-electron chi connectivity index (χ1n) is 18.7. The molecule has 58 heavy (non-hydrogen) atoms. The Morgan fingerprint density at radius 2 is 1.22 bits per heavy atom. The third kappa shape index (κ3) is 19.1. The van der Waals surface area contributed by atoms with E-state index in [4.69, 9.17) is 14.2 Å². The summed E-state index contributed by atoms with van der Waals surface area (Å²) in [6.07, 6.45) is 1.37. The molecule has 4 aromatic carbocycles. The van der Waals surface area contributed by atoms with E-state index in [1.807, 2.05) is 102 Å². The molecule has 14 heteroatoms. The molecule has 0 aliphatic heterocycles. The molecule has 0 unspecified atom stereocenters. The highest BCUT2D eigenvalue weighted by Gasteiger charge is 2.26. The van der Waals surface area contributed by atoms with Crippen molar-refractivity contribution in [1.29, 1.82) is 0 Å². The van der Waals surface area contributed by atoms with Gasteiger partial charge in [0, 0.05) is 13.1 Å². The number of hydrogen-bond acceptors (Lipinski definition) is 8. The highest BCUT2D eigenvalue weighted by Crippen LogP contribution is 2.27. The van der Waals surface area contributed by atoms with Crippen molar-refractivity contribution in [2.45, 2.75) is 97.5 Å². The fourth-order valence-electron chi connectivity index (χ4n) is 4.43. The number of hydrogen-bond donors (Lipinski definition) is 1. The van der Waals surface area contributed by atoms with Crippen LogP contribution in [-0.2, 0) is 54.2 Å². The van der Waals surface area contributed by atoms with Crippen LogP contribution in [0.2, 0.25) is 0 Å². The maximum Gasteiger partial charge on any atom is 0.307 e. The van der Waals surface area contributed by atoms with Crippen LogP contribution in [0.25, 0.3) is 0 Å². The number of rotatable bonds is 15. The third-order valence-electron chi connectivity index (χ3n) is 7.44. The molecule has 0 heterocycles. The molecule has 3 atom stereocenters. The smallest absolute Gasteiger partial charge is 0.307 e. The van der Waals surface area contributed by atoms with Crippen LogP contribution in [0.1, 0.15) is 97.0 Å². The second-order valence-electron chi connectivity index (χ2n) is 14.5. The minimum absolute atomic E-state index is 0.0562. The van der Waals surface area contributed by atoms with Crippen LogP contribution in [0.15, 0.2) is 101 Å². The molecule has 10 nitrogen and oxygen atoms in total. The summed E-state index contributed by atoms with van der Waals surface area (Å²) < 4.78 is 79.4. The quantitative estimate of drug-likeness (QED) is 0.0927. The first-order chi connectivity index (χ1) is 27.3. The Morgan fingerprint density at radius 1 is 0.724 bits per heavy atom. The van der Waals surface area contributed by atoms with Crippen molar-refractivity contribution in [3.05, 3.63) is 131 Å². The number of benzene rings is 4. The van der Waals surface area contributed by atoms with Gasteiger partial charge in [0.15, 0.2) is 23.1 Å². The third-order valence-corrected chi connectivity index (χ3v) is 10.4. The van der Waals surface area contributed by atoms with Gasteiger partial charge in [-0.15, -0.1) is 0 Å². The maximum absolute atomic E-state index is 14.6. The molecule has 0 bridgehead atoms. The van der Waals surface area contributed by atoms with E-state index in [2.05, 4.69) is 13.9 Å². The SMILES string of the molecule is CC(C)(C)[S@@](=O)N=Cc1ccc(OCc2ccccc2)c(F)c1.CCOC(=O)C[C@H](N[S@](=O)C(C)(C)C)c1ccc(OCc2ccccc2)c(F)c1.CCOC(C)=O. The second-order valence-corrected chi connectivity index (χ2v) is 18.4. The predicted octanol–water partition coefficient (Wildman–Crippen LogP) is 9.31. The van der Waals surface area contributed by atoms with Crippen LogP contribution in [0, 0.1) is 11.6 Å². The lowest BCUT2D eigenvalue weighted by molar-refractivity contribution is -0.143. The number of nitrogens with zero attached hydrogens (tertiary/aromatic N) is 1. The number of carbonyl (C=O) groups excluding carboxylic acids is 2. The number of halogens is 2. The molecule has 316 valence electrons. The Labute approximate surface area is 346 Å². The van der Waals surface area contributed by atoms with Gasteiger partial charge in [0.25, 0.3) is 0 Å². The molecule has 0 amide bonds. The van der Waals surface area contributed by atoms with Crippen molar-refractivity contribution < 1.29 is 45.7 Å². The zero-order valence-corrected chi connectivity index (χ0v) is 36.3. The minimum atomic E-state index is -1.44. The highest BCUT2D eigenvalue weighted by molar-refractivity contribution is 7.85. The van der Waals surface area contributed by atoms with Gasteiger partial charge in [-0.1, -0.05) is 66.7 Å². The fourth-order valence-corrected chi connectivity index (χ4v) is 5.79. The van der Waals surface area contributed by atoms with Gasteiger partial charge >= 0.3 is 11.9 Å². The normalized spacial score (nSPS) is 12.8. The zero-order valence-electron chi connectivity index (χ0n) is 34.7. The van der Waals surface area contributed by atoms with E-state index in [1.54, 1.807) is 32.0 Å². The molecule has 0 saturated heterocycles. The number of carbonyl (C=O) groups is 2. The van der Waals surface area contributed by atoms with Crippen LogP contribution in [0.5, 0.6) is 11.5 Å². The molecule has 0 aliphatic rings. The van der Waals surface area contributed by atoms with Crippen LogP contribution < -0.4 is 14.2 Å². The lowest BCUT2D eigenvalue weighted by Crippen LogP contribution is -2.36. The highest BCUT2D eigenvalue weighted by atomic mass is 32.2. The summed E-state index contributed by atoms with van der Waals surface area (Å²) in [6.45, 7) is 17.1. The van der Waals surface area contributed by atoms with Crippen molar-refractivity contribution in [2.24, 2.45) is 4.40 Å². The molecule has 1 N–H and O–H groups in total. The van der Waals surface area contributed by atoms with Gasteiger partial charge in [0.2, 0.25) is 0 Å². The lowest BCUT2D eigenvalue weighted by Gasteiger charge is -2.24. The summed E-state index contributed by atoms with van der Waals surface area (Å²) in [5, 5.41) is 0. The summed E-state index contributed by atoms with van der Waals surface area (Å²) in [4.78, 5) is 21.8. The zero-order chi connectivity index (χ0) is 43.3. The average molecular weight is 843 g/mol. The second kappa shape index (κ2) is 24.9. The van der Waals surface area contributed by atoms with E-state index < -0.39 is 55.1 Å². The lowest BCUT2D eigenvalue weighted by atomic mass is 10.0. The summed E-state index contributed by atoms with van der Waals surface area (Å²) in [5.41, 5.74) is 2.95. The van der Waals surface area contributed by atoms with Gasteiger partial charge in [0.05, 0.1) is 46.2 Å². The maximum atomic E-state index is 14.6. The Bertz CT molecular complexity index is 1950. The van der Waals surface area contributed by atoms with Crippen LogP contribution >= 0.6 is 0 Å². The first-order valence-corrected chi connectivity index (χ1v) is 20.9. The van der Waals surface area contributed by atoms with E-state index in [-0.39, 0.29) is 37.1 Å². The Kier molecular flexibility index (Phi) is 21.2. The van der Waals surface area contributed by atoms with Gasteiger partial charge in [-0.25, -0.2) is 21.9 Å². The van der Waals surface area contributed by atoms with Crippen LogP contribution in [-0.4, -0.2) is 49.3 Å². The standard InChI is InChI=1S/C22H28FNO4S.C18H20FNO2S.C4H8O2/c1-5-27-21(25)14-19(24-29(26)22(2,3)4)17-11-12-20(18(23)13-17)28-15-16-9-7-6-8-10-16;1-18(2,3)23(21)20-12-15-9-10-17(16(19)11-15)22-13-14-7-5-4-6-8-14;1-3-6-4(2)5/h6-13,19,24H,5,14-15H2,1-4H3;4-12H,13H2,1-3H3;3H2,1-2H3/t19-,29+;23-;/m01./s1. The molecule has 0 aromatic heterocycles. The van der Waals surface area contributed by atoms with E-state index >= 15 is 0 Å². The van der Waals surface area contributed by atoms with E-state index in [1.165, 1.54) is 31.3 Å². The Hall–Kier alpha value is -4.79. The summed E-state index contributed by atoms with van der Waals surface area (Å²) in [6, 6.07) is 27.4. The molecular formula is C44H56F2N2O8S2. The topological polar surface area (TPSA) is 130 Å². The predicted molar refractivity (Wildman–Crippen MR) is 227 cm³/mol. The van der Waals surface area contributed by atoms with Crippen LogP contribution in [0.3, 0.4) is 0 Å². The molecule has 4 aromatic rings. The average Bonchev–Trinajstić information content (AvgIpc) is 3.16. The van der Waals surface area contributed by atoms with Crippen molar-refractivity contribution >= 4 is 40.1 Å². The van der Waals surface area contributed by atoms with E-state index in [9.17, 15) is 26.8 Å². The van der Waals surface area contributed by atoms with Crippen molar-refractivity contribution in [1.82, 2.24) is 4.72 Å². The van der Waals surface area contributed by atoms with Crippen molar-refractivity contribution in [3.8, 4) is 11.5 Å². The van der Waals surface area contributed by atoms with Gasteiger partial charge < -0.3 is 18.9 Å². The molecule has 4 rings (SSSR count).